The number of carbonyl (C=O) groups excluding carboxylic acids is 3. The number of hydrogen-bond donors (Lipinski definition) is 5. The van der Waals surface area contributed by atoms with Crippen molar-refractivity contribution in [1.82, 2.24) is 20.8 Å². The molecule has 0 aliphatic carbocycles. The molecule has 2 aliphatic rings. The van der Waals surface area contributed by atoms with E-state index >= 15 is 0 Å². The maximum atomic E-state index is 13.4. The van der Waals surface area contributed by atoms with Gasteiger partial charge in [-0.1, -0.05) is 67.2 Å². The van der Waals surface area contributed by atoms with Gasteiger partial charge < -0.3 is 14.5 Å². The molecule has 1 unspecified atom stereocenters. The Hall–Kier alpha value is -3.47. The van der Waals surface area contributed by atoms with Gasteiger partial charge in [0, 0.05) is 24.2 Å². The molecule has 15 nitrogen and oxygen atoms in total. The van der Waals surface area contributed by atoms with Crippen molar-refractivity contribution in [1.29, 1.82) is 0 Å². The van der Waals surface area contributed by atoms with E-state index in [1.807, 2.05) is 0 Å². The summed E-state index contributed by atoms with van der Waals surface area (Å²) < 4.78 is 36.9. The number of hydrogen-bond acceptors (Lipinski definition) is 7. The summed E-state index contributed by atoms with van der Waals surface area (Å²) in [6.45, 7) is 16.3. The van der Waals surface area contributed by atoms with E-state index in [-0.39, 0.29) is 24.9 Å². The largest absolute Gasteiger partial charge is 0.465 e. The number of nitrogens with one attached hydrogen (secondary N) is 3. The van der Waals surface area contributed by atoms with Gasteiger partial charge in [0.05, 0.1) is 31.7 Å². The zero-order valence-electron chi connectivity index (χ0n) is 31.1. The highest BCUT2D eigenvalue weighted by Gasteiger charge is 2.49. The minimum absolute atomic E-state index is 0.00519. The Balaban J connectivity index is 1.86. The lowest BCUT2D eigenvalue weighted by Gasteiger charge is -2.48. The third kappa shape index (κ3) is 11.0. The Morgan fingerprint density at radius 1 is 0.980 bits per heavy atom. The number of rotatable bonds is 20. The van der Waals surface area contributed by atoms with Gasteiger partial charge in [0.2, 0.25) is 0 Å². The quantitative estimate of drug-likeness (QED) is 0.0643. The molecule has 2 heterocycles. The molecule has 0 spiro atoms. The zero-order valence-corrected chi connectivity index (χ0v) is 31.9. The van der Waals surface area contributed by atoms with Crippen LogP contribution in [0.4, 0.5) is 15.3 Å². The Morgan fingerprint density at radius 2 is 1.59 bits per heavy atom. The molecule has 2 bridgehead atoms. The molecule has 5 amide bonds. The molecule has 0 saturated carbocycles. The van der Waals surface area contributed by atoms with Gasteiger partial charge in [-0.05, 0) is 67.7 Å². The fourth-order valence-electron chi connectivity index (χ4n) is 7.75. The molecule has 5 N–H and O–H groups in total. The summed E-state index contributed by atoms with van der Waals surface area (Å²) in [5.41, 5.74) is 5.51. The van der Waals surface area contributed by atoms with Gasteiger partial charge in [-0.2, -0.15) is 13.5 Å². The highest BCUT2D eigenvalue weighted by Crippen LogP contribution is 2.39. The van der Waals surface area contributed by atoms with Crippen LogP contribution in [0.3, 0.4) is 0 Å². The van der Waals surface area contributed by atoms with E-state index in [9.17, 15) is 32.7 Å². The van der Waals surface area contributed by atoms with Crippen LogP contribution in [0.15, 0.2) is 18.2 Å². The zero-order chi connectivity index (χ0) is 38.0. The lowest BCUT2D eigenvalue weighted by Crippen LogP contribution is -2.58. The average molecular weight is 740 g/mol. The number of piperidine rings is 1. The summed E-state index contributed by atoms with van der Waals surface area (Å²) >= 11 is 0. The van der Waals surface area contributed by atoms with Crippen LogP contribution in [0.5, 0.6) is 0 Å². The molecule has 3 atom stereocenters. The summed E-state index contributed by atoms with van der Waals surface area (Å²) in [7, 11) is -4.94. The van der Waals surface area contributed by atoms with Crippen molar-refractivity contribution >= 4 is 40.0 Å². The lowest BCUT2D eigenvalue weighted by atomic mass is 9.75. The van der Waals surface area contributed by atoms with Crippen LogP contribution in [0.2, 0.25) is 0 Å². The van der Waals surface area contributed by atoms with E-state index in [2.05, 4.69) is 62.0 Å². The highest BCUT2D eigenvalue weighted by atomic mass is 32.3. The van der Waals surface area contributed by atoms with Crippen LogP contribution >= 0.6 is 0 Å². The first-order chi connectivity index (χ1) is 24.0. The van der Waals surface area contributed by atoms with E-state index in [0.29, 0.717) is 22.4 Å². The predicted octanol–water partition coefficient (Wildman–Crippen LogP) is 5.59. The number of benzene rings is 1. The fraction of sp³-hybridized carbons (Fsp3) is 0.714. The van der Waals surface area contributed by atoms with E-state index in [0.717, 1.165) is 86.8 Å². The Morgan fingerprint density at radius 3 is 2.12 bits per heavy atom. The van der Waals surface area contributed by atoms with Crippen LogP contribution in [0, 0.1) is 0 Å². The van der Waals surface area contributed by atoms with Gasteiger partial charge >= 0.3 is 22.5 Å². The van der Waals surface area contributed by atoms with Crippen molar-refractivity contribution in [3.05, 3.63) is 29.3 Å². The molecule has 3 rings (SSSR count). The number of hydroxylamine groups is 2. The molecule has 51 heavy (non-hydrogen) atoms. The monoisotopic (exact) mass is 739 g/mol. The number of carbonyl (C=O) groups is 4. The molecule has 0 aromatic heterocycles. The molecular formula is C35H59N6O9S+. The lowest BCUT2D eigenvalue weighted by molar-refractivity contribution is -0.953. The maximum absolute atomic E-state index is 13.4. The van der Waals surface area contributed by atoms with Crippen LogP contribution in [0.1, 0.15) is 128 Å². The Bertz CT molecular complexity index is 1470. The number of hydrazine groups is 1. The summed E-state index contributed by atoms with van der Waals surface area (Å²) in [5, 5.41) is 12.8. The molecule has 1 aromatic rings. The normalized spacial score (nSPS) is 18.5. The van der Waals surface area contributed by atoms with Crippen LogP contribution in [-0.2, 0) is 24.9 Å². The number of unbranched alkanes of at least 4 members (excludes halogenated alkanes) is 3. The van der Waals surface area contributed by atoms with Gasteiger partial charge in [0.1, 0.15) is 6.04 Å². The van der Waals surface area contributed by atoms with Crippen molar-refractivity contribution in [3.63, 3.8) is 0 Å². The van der Waals surface area contributed by atoms with Gasteiger partial charge in [0.25, 0.3) is 11.8 Å². The van der Waals surface area contributed by atoms with Crippen LogP contribution in [0.25, 0.3) is 0 Å². The third-order valence-corrected chi connectivity index (χ3v) is 10.7. The number of urea groups is 1. The number of fused-ring (bicyclic) bond motifs is 2. The third-order valence-electron chi connectivity index (χ3n) is 10.4. The van der Waals surface area contributed by atoms with Crippen molar-refractivity contribution < 1.29 is 46.0 Å². The molecule has 2 saturated heterocycles. The first-order valence-electron chi connectivity index (χ1n) is 18.4. The second kappa shape index (κ2) is 18.3. The number of nitrogens with zero attached hydrogens (tertiary/aromatic N) is 3. The van der Waals surface area contributed by atoms with Gasteiger partial charge in [-0.3, -0.25) is 30.3 Å². The smallest absolute Gasteiger partial charge is 0.418 e. The molecular weight excluding hydrogens is 680 g/mol. The van der Waals surface area contributed by atoms with Crippen molar-refractivity contribution in [2.24, 2.45) is 0 Å². The fourth-order valence-corrected chi connectivity index (χ4v) is 8.14. The molecule has 2 fully saturated rings. The number of carboxylic acid groups (broad SMARTS) is 1. The number of anilines is 1. The molecule has 288 valence electrons. The number of quaternary nitrogens is 1. The van der Waals surface area contributed by atoms with Gasteiger partial charge in [0.15, 0.2) is 0 Å². The first-order valence-corrected chi connectivity index (χ1v) is 19.8. The minimum Gasteiger partial charge on any atom is -0.465 e. The Labute approximate surface area is 302 Å². The maximum Gasteiger partial charge on any atom is 0.418 e. The second-order valence-electron chi connectivity index (χ2n) is 14.6. The minimum atomic E-state index is -4.94. The van der Waals surface area contributed by atoms with Crippen molar-refractivity contribution in [2.45, 2.75) is 136 Å². The summed E-state index contributed by atoms with van der Waals surface area (Å²) in [5.74, 6) is -1.32. The molecule has 0 radical (unpaired) electrons. The van der Waals surface area contributed by atoms with E-state index in [4.69, 9.17) is 4.55 Å². The van der Waals surface area contributed by atoms with Gasteiger partial charge in [-0.25, -0.2) is 9.59 Å². The van der Waals surface area contributed by atoms with Crippen LogP contribution < -0.4 is 16.2 Å². The molecule has 2 aliphatic heterocycles. The summed E-state index contributed by atoms with van der Waals surface area (Å²) in [6.07, 6.45) is 8.72. The summed E-state index contributed by atoms with van der Waals surface area (Å²) in [6, 6.07) is 2.49. The van der Waals surface area contributed by atoms with Crippen molar-refractivity contribution in [3.8, 4) is 0 Å². The topological polar surface area (TPSA) is 195 Å². The van der Waals surface area contributed by atoms with E-state index < -0.39 is 51.8 Å². The van der Waals surface area contributed by atoms with Crippen LogP contribution in [-0.4, -0.2) is 101 Å². The standard InChI is InChI=1S/C35H58N6O9S/c1-7-11-19-41(20-12-8-2,21-13-9-3)27(14-10-4)23-35(5,6)28-22-25(15-17-29(28)36-33(44)45)31(42)37-38-32(43)30-18-16-26-24-39(30)34(46)40(26)50-51(47,48)49/h15,17,22,26-27,30H,7-14,16,18-21,23-24H2,1-6H3,(H4-,36,37,38,42,43,44,45,47,48,49)/p+1/t26-,27?,30+/m1/s1. The second-order valence-corrected chi connectivity index (χ2v) is 15.6. The van der Waals surface area contributed by atoms with Gasteiger partial charge in [-0.15, -0.1) is 4.28 Å². The van der Waals surface area contributed by atoms with E-state index in [1.54, 1.807) is 12.1 Å². The molecule has 16 heteroatoms. The Kier molecular flexibility index (Phi) is 15.1. The predicted molar refractivity (Wildman–Crippen MR) is 193 cm³/mol. The SMILES string of the molecule is CCCC[N+](CCCC)(CCCC)C(CCC)CC(C)(C)c1cc(C(=O)NNC(=O)[C@@H]2CC[C@@H]3CN2C(=O)N3OS(=O)(=O)O)ccc1NC(=O)O. The van der Waals surface area contributed by atoms with Crippen molar-refractivity contribution in [2.75, 3.05) is 31.5 Å². The summed E-state index contributed by atoms with van der Waals surface area (Å²) in [4.78, 5) is 52.3. The average Bonchev–Trinajstić information content (AvgIpc) is 3.29. The van der Waals surface area contributed by atoms with E-state index in [1.165, 1.54) is 6.07 Å². The number of amides is 5. The highest BCUT2D eigenvalue weighted by molar-refractivity contribution is 7.80. The molecule has 1 aromatic carbocycles. The first kappa shape index (κ1) is 41.9.